The summed E-state index contributed by atoms with van der Waals surface area (Å²) >= 11 is 1.70. The average molecular weight is 328 g/mol. The molecule has 2 N–H and O–H groups in total. The van der Waals surface area contributed by atoms with Gasteiger partial charge in [-0.1, -0.05) is 13.0 Å². The minimum Gasteiger partial charge on any atom is -0.371 e. The van der Waals surface area contributed by atoms with Crippen LogP contribution in [0, 0.1) is 0 Å². The highest BCUT2D eigenvalue weighted by Crippen LogP contribution is 2.22. The first-order valence-corrected chi connectivity index (χ1v) is 9.38. The smallest absolute Gasteiger partial charge is 0.260 e. The van der Waals surface area contributed by atoms with E-state index in [4.69, 9.17) is 0 Å². The van der Waals surface area contributed by atoms with Crippen LogP contribution in [0.15, 0.2) is 29.4 Å². The van der Waals surface area contributed by atoms with Gasteiger partial charge in [0, 0.05) is 25.0 Å². The van der Waals surface area contributed by atoms with Crippen molar-refractivity contribution < 1.29 is 8.42 Å². The van der Waals surface area contributed by atoms with Crippen LogP contribution in [0.25, 0.3) is 5.65 Å². The number of aromatic nitrogens is 2. The number of nitrogens with one attached hydrogen (secondary N) is 2. The molecule has 8 heteroatoms. The molecular weight excluding hydrogens is 308 g/mol. The van der Waals surface area contributed by atoms with Gasteiger partial charge >= 0.3 is 0 Å². The van der Waals surface area contributed by atoms with Crippen molar-refractivity contribution in [1.82, 2.24) is 14.1 Å². The molecule has 1 atom stereocenters. The Labute approximate surface area is 129 Å². The molecule has 2 aromatic heterocycles. The van der Waals surface area contributed by atoms with Gasteiger partial charge in [-0.2, -0.15) is 11.8 Å². The topological polar surface area (TPSA) is 75.5 Å². The summed E-state index contributed by atoms with van der Waals surface area (Å²) in [6, 6.07) is 5.24. The van der Waals surface area contributed by atoms with Crippen molar-refractivity contribution in [2.24, 2.45) is 0 Å². The van der Waals surface area contributed by atoms with Gasteiger partial charge < -0.3 is 5.32 Å². The van der Waals surface area contributed by atoms with Gasteiger partial charge in [0.05, 0.1) is 0 Å². The molecule has 21 heavy (non-hydrogen) atoms. The van der Waals surface area contributed by atoms with E-state index in [9.17, 15) is 8.42 Å². The molecule has 116 valence electrons. The molecule has 6 nitrogen and oxygen atoms in total. The van der Waals surface area contributed by atoms with E-state index >= 15 is 0 Å². The first-order chi connectivity index (χ1) is 9.99. The van der Waals surface area contributed by atoms with Gasteiger partial charge in [0.15, 0.2) is 10.8 Å². The number of rotatable bonds is 7. The lowest BCUT2D eigenvalue weighted by atomic mass is 10.4. The molecule has 0 spiro atoms. The van der Waals surface area contributed by atoms with Crippen molar-refractivity contribution in [1.29, 1.82) is 0 Å². The van der Waals surface area contributed by atoms with Gasteiger partial charge in [0.2, 0.25) is 0 Å². The maximum atomic E-state index is 12.6. The third-order valence-electron chi connectivity index (χ3n) is 2.91. The minimum absolute atomic E-state index is 0.140. The van der Waals surface area contributed by atoms with Crippen LogP contribution in [0.5, 0.6) is 0 Å². The van der Waals surface area contributed by atoms with Crippen LogP contribution in [-0.2, 0) is 10.0 Å². The zero-order valence-electron chi connectivity index (χ0n) is 12.3. The molecule has 0 aliphatic rings. The zero-order chi connectivity index (χ0) is 15.5. The summed E-state index contributed by atoms with van der Waals surface area (Å²) in [5.74, 6) is 2.05. The molecule has 2 heterocycles. The molecule has 0 saturated heterocycles. The van der Waals surface area contributed by atoms with E-state index < -0.39 is 10.0 Å². The summed E-state index contributed by atoms with van der Waals surface area (Å²) in [5, 5.41) is 3.00. The number of pyridine rings is 1. The van der Waals surface area contributed by atoms with Gasteiger partial charge in [0.1, 0.15) is 5.65 Å². The number of nitrogens with zero attached hydrogens (tertiary/aromatic N) is 2. The highest BCUT2D eigenvalue weighted by molar-refractivity contribution is 7.99. The largest absolute Gasteiger partial charge is 0.371 e. The van der Waals surface area contributed by atoms with Crippen LogP contribution >= 0.6 is 11.8 Å². The van der Waals surface area contributed by atoms with Gasteiger partial charge in [-0.25, -0.2) is 18.1 Å². The molecule has 0 aliphatic carbocycles. The molecule has 0 aliphatic heterocycles. The predicted molar refractivity (Wildman–Crippen MR) is 87.5 cm³/mol. The first-order valence-electron chi connectivity index (χ1n) is 6.74. The monoisotopic (exact) mass is 328 g/mol. The van der Waals surface area contributed by atoms with Crippen LogP contribution in [0.4, 0.5) is 5.82 Å². The van der Waals surface area contributed by atoms with Crippen LogP contribution in [0.1, 0.15) is 13.8 Å². The summed E-state index contributed by atoms with van der Waals surface area (Å²) in [5.41, 5.74) is 0.595. The number of thioether (sulfide) groups is 1. The lowest BCUT2D eigenvalue weighted by Crippen LogP contribution is -2.35. The summed E-state index contributed by atoms with van der Waals surface area (Å²) in [7, 11) is -1.98. The summed E-state index contributed by atoms with van der Waals surface area (Å²) in [6.07, 6.45) is 1.70. The number of sulfonamides is 1. The molecule has 0 aromatic carbocycles. The van der Waals surface area contributed by atoms with Crippen LogP contribution in [0.2, 0.25) is 0 Å². The Morgan fingerprint density at radius 3 is 2.86 bits per heavy atom. The Kier molecular flexibility index (Phi) is 5.13. The Morgan fingerprint density at radius 1 is 1.43 bits per heavy atom. The fourth-order valence-corrected chi connectivity index (χ4v) is 4.36. The quantitative estimate of drug-likeness (QED) is 0.810. The second kappa shape index (κ2) is 6.67. The molecule has 0 radical (unpaired) electrons. The zero-order valence-corrected chi connectivity index (χ0v) is 14.0. The Morgan fingerprint density at radius 2 is 2.19 bits per heavy atom. The maximum Gasteiger partial charge on any atom is 0.260 e. The number of fused-ring (bicyclic) bond motifs is 1. The van der Waals surface area contributed by atoms with E-state index in [2.05, 4.69) is 21.9 Å². The van der Waals surface area contributed by atoms with Crippen molar-refractivity contribution in [2.45, 2.75) is 24.9 Å². The molecule has 0 amide bonds. The van der Waals surface area contributed by atoms with Crippen molar-refractivity contribution in [3.8, 4) is 0 Å². The fourth-order valence-electron chi connectivity index (χ4n) is 2.04. The van der Waals surface area contributed by atoms with E-state index in [-0.39, 0.29) is 11.1 Å². The Bertz CT molecular complexity index is 712. The lowest BCUT2D eigenvalue weighted by Gasteiger charge is -2.14. The summed E-state index contributed by atoms with van der Waals surface area (Å²) in [4.78, 5) is 4.29. The second-order valence-corrected chi connectivity index (χ2v) is 7.57. The number of hydrogen-bond acceptors (Lipinski definition) is 5. The van der Waals surface area contributed by atoms with Crippen molar-refractivity contribution >= 4 is 33.3 Å². The van der Waals surface area contributed by atoms with Crippen molar-refractivity contribution in [3.63, 3.8) is 0 Å². The van der Waals surface area contributed by atoms with Crippen molar-refractivity contribution in [3.05, 3.63) is 24.4 Å². The summed E-state index contributed by atoms with van der Waals surface area (Å²) < 4.78 is 29.6. The second-order valence-electron chi connectivity index (χ2n) is 4.63. The SMILES string of the molecule is CCSCC(C)NS(=O)(=O)c1c(NC)nc2ccccn12. The van der Waals surface area contributed by atoms with E-state index in [1.807, 2.05) is 13.0 Å². The van der Waals surface area contributed by atoms with E-state index in [0.717, 1.165) is 11.5 Å². The Balaban J connectivity index is 2.39. The lowest BCUT2D eigenvalue weighted by molar-refractivity contribution is 0.566. The predicted octanol–water partition coefficient (Wildman–Crippen LogP) is 1.80. The third kappa shape index (κ3) is 3.50. The normalized spacial score (nSPS) is 13.5. The summed E-state index contributed by atoms with van der Waals surface area (Å²) in [6.45, 7) is 3.91. The fraction of sp³-hybridized carbons (Fsp3) is 0.462. The molecular formula is C13H20N4O2S2. The average Bonchev–Trinajstić information content (AvgIpc) is 2.83. The number of anilines is 1. The van der Waals surface area contributed by atoms with Crippen LogP contribution in [-0.4, -0.2) is 42.4 Å². The van der Waals surface area contributed by atoms with Gasteiger partial charge in [-0.3, -0.25) is 4.40 Å². The van der Waals surface area contributed by atoms with Crippen LogP contribution in [0.3, 0.4) is 0 Å². The van der Waals surface area contributed by atoms with E-state index in [0.29, 0.717) is 11.5 Å². The number of hydrogen-bond donors (Lipinski definition) is 2. The highest BCUT2D eigenvalue weighted by Gasteiger charge is 2.26. The van der Waals surface area contributed by atoms with E-state index in [1.54, 1.807) is 41.5 Å². The van der Waals surface area contributed by atoms with Gasteiger partial charge in [-0.15, -0.1) is 0 Å². The number of imidazole rings is 1. The third-order valence-corrected chi connectivity index (χ3v) is 5.66. The standard InChI is InChI=1S/C13H20N4O2S2/c1-4-20-9-10(2)16-21(18,19)13-12(14-3)15-11-7-5-6-8-17(11)13/h5-8,10,14,16H,4,9H2,1-3H3. The van der Waals surface area contributed by atoms with Gasteiger partial charge in [0.25, 0.3) is 10.0 Å². The molecule has 0 saturated carbocycles. The Hall–Kier alpha value is -1.25. The van der Waals surface area contributed by atoms with Crippen LogP contribution < -0.4 is 10.0 Å². The molecule has 2 rings (SSSR count). The van der Waals surface area contributed by atoms with E-state index in [1.165, 1.54) is 0 Å². The molecule has 0 bridgehead atoms. The maximum absolute atomic E-state index is 12.6. The molecule has 2 aromatic rings. The highest BCUT2D eigenvalue weighted by atomic mass is 32.2. The minimum atomic E-state index is -3.64. The van der Waals surface area contributed by atoms with Gasteiger partial charge in [-0.05, 0) is 24.8 Å². The molecule has 0 fully saturated rings. The first kappa shape index (κ1) is 16.1. The molecule has 1 unspecified atom stereocenters. The van der Waals surface area contributed by atoms with Crippen molar-refractivity contribution in [2.75, 3.05) is 23.9 Å².